The first-order chi connectivity index (χ1) is 10.1. The van der Waals surface area contributed by atoms with Crippen LogP contribution in [0.15, 0.2) is 41.5 Å². The Balaban J connectivity index is 2.01. The number of fused-ring (bicyclic) bond motifs is 2. The van der Waals surface area contributed by atoms with Crippen LogP contribution < -0.4 is 4.87 Å². The number of rotatable bonds is 1. The molecule has 3 heterocycles. The zero-order chi connectivity index (χ0) is 14.6. The van der Waals surface area contributed by atoms with Crippen molar-refractivity contribution >= 4 is 27.3 Å². The van der Waals surface area contributed by atoms with E-state index in [9.17, 15) is 4.79 Å². The van der Waals surface area contributed by atoms with Crippen LogP contribution in [-0.2, 0) is 7.05 Å². The van der Waals surface area contributed by atoms with E-state index in [4.69, 9.17) is 0 Å². The van der Waals surface area contributed by atoms with Gasteiger partial charge in [0.05, 0.1) is 15.9 Å². The zero-order valence-corrected chi connectivity index (χ0v) is 12.4. The topological polar surface area (TPSA) is 52.2 Å². The van der Waals surface area contributed by atoms with Gasteiger partial charge in [0.25, 0.3) is 0 Å². The predicted molar refractivity (Wildman–Crippen MR) is 83.8 cm³/mol. The third-order valence-electron chi connectivity index (χ3n) is 3.71. The summed E-state index contributed by atoms with van der Waals surface area (Å²) in [6, 6.07) is 7.89. The SMILES string of the molecule is Cc1c(-c2ccc3sc(=O)n(C)c3c2)nc2ncccn12. The van der Waals surface area contributed by atoms with E-state index < -0.39 is 0 Å². The van der Waals surface area contributed by atoms with E-state index in [1.54, 1.807) is 17.8 Å². The predicted octanol–water partition coefficient (Wildman–Crippen LogP) is 2.62. The molecule has 4 aromatic rings. The maximum absolute atomic E-state index is 11.7. The van der Waals surface area contributed by atoms with Gasteiger partial charge in [-0.3, -0.25) is 9.20 Å². The summed E-state index contributed by atoms with van der Waals surface area (Å²) >= 11 is 1.26. The monoisotopic (exact) mass is 296 g/mol. The minimum Gasteiger partial charge on any atom is -0.302 e. The van der Waals surface area contributed by atoms with Crippen LogP contribution in [0.2, 0.25) is 0 Å². The lowest BCUT2D eigenvalue weighted by molar-refractivity contribution is 0.939. The van der Waals surface area contributed by atoms with Gasteiger partial charge in [0, 0.05) is 30.7 Å². The minimum atomic E-state index is 0.0514. The lowest BCUT2D eigenvalue weighted by atomic mass is 10.1. The van der Waals surface area contributed by atoms with Crippen molar-refractivity contribution in [1.82, 2.24) is 18.9 Å². The third kappa shape index (κ3) is 1.72. The molecule has 0 saturated heterocycles. The molecule has 5 nitrogen and oxygen atoms in total. The highest BCUT2D eigenvalue weighted by Gasteiger charge is 2.12. The minimum absolute atomic E-state index is 0.0514. The fourth-order valence-corrected chi connectivity index (χ4v) is 3.41. The first-order valence-electron chi connectivity index (χ1n) is 6.55. The van der Waals surface area contributed by atoms with Crippen LogP contribution in [-0.4, -0.2) is 18.9 Å². The number of thiazole rings is 1. The van der Waals surface area contributed by atoms with Gasteiger partial charge in [0.2, 0.25) is 5.78 Å². The van der Waals surface area contributed by atoms with E-state index in [0.717, 1.165) is 27.2 Å². The summed E-state index contributed by atoms with van der Waals surface area (Å²) in [5.74, 6) is 0.685. The third-order valence-corrected chi connectivity index (χ3v) is 4.72. The highest BCUT2D eigenvalue weighted by Crippen LogP contribution is 2.27. The summed E-state index contributed by atoms with van der Waals surface area (Å²) in [5, 5.41) is 0. The number of hydrogen-bond acceptors (Lipinski definition) is 4. The molecule has 0 amide bonds. The second kappa shape index (κ2) is 4.26. The first-order valence-corrected chi connectivity index (χ1v) is 7.36. The quantitative estimate of drug-likeness (QED) is 0.542. The van der Waals surface area contributed by atoms with Crippen LogP contribution in [0, 0.1) is 6.92 Å². The Kier molecular flexibility index (Phi) is 2.49. The molecule has 0 aliphatic carbocycles. The highest BCUT2D eigenvalue weighted by atomic mass is 32.1. The van der Waals surface area contributed by atoms with Crippen molar-refractivity contribution in [3.63, 3.8) is 0 Å². The van der Waals surface area contributed by atoms with Crippen LogP contribution in [0.1, 0.15) is 5.69 Å². The van der Waals surface area contributed by atoms with Crippen molar-refractivity contribution in [2.45, 2.75) is 6.92 Å². The molecule has 0 unspecified atom stereocenters. The average Bonchev–Trinajstić information content (AvgIpc) is 2.98. The molecule has 0 aliphatic rings. The Morgan fingerprint density at radius 3 is 2.95 bits per heavy atom. The molecule has 1 aromatic carbocycles. The molecule has 0 radical (unpaired) electrons. The molecule has 104 valence electrons. The molecule has 4 rings (SSSR count). The van der Waals surface area contributed by atoms with Crippen molar-refractivity contribution in [3.8, 4) is 11.3 Å². The van der Waals surface area contributed by atoms with Gasteiger partial charge in [-0.15, -0.1) is 0 Å². The standard InChI is InChI=1S/C15H12N4OS/c1-9-13(17-14-16-6-3-7-19(9)14)10-4-5-12-11(8-10)18(2)15(20)21-12/h3-8H,1-2H3. The number of imidazole rings is 1. The Bertz CT molecular complexity index is 1040. The fourth-order valence-electron chi connectivity index (χ4n) is 2.55. The average molecular weight is 296 g/mol. The summed E-state index contributed by atoms with van der Waals surface area (Å²) in [6.45, 7) is 2.02. The Labute approximate surface area is 124 Å². The summed E-state index contributed by atoms with van der Waals surface area (Å²) in [7, 11) is 1.79. The van der Waals surface area contributed by atoms with Crippen LogP contribution in [0.25, 0.3) is 27.3 Å². The van der Waals surface area contributed by atoms with E-state index >= 15 is 0 Å². The van der Waals surface area contributed by atoms with E-state index in [1.165, 1.54) is 11.3 Å². The van der Waals surface area contributed by atoms with Gasteiger partial charge in [-0.2, -0.15) is 0 Å². The lowest BCUT2D eigenvalue weighted by Gasteiger charge is -2.01. The van der Waals surface area contributed by atoms with Crippen molar-refractivity contribution in [3.05, 3.63) is 52.0 Å². The van der Waals surface area contributed by atoms with Crippen LogP contribution >= 0.6 is 11.3 Å². The number of hydrogen-bond donors (Lipinski definition) is 0. The maximum atomic E-state index is 11.7. The van der Waals surface area contributed by atoms with E-state index in [2.05, 4.69) is 9.97 Å². The number of benzene rings is 1. The summed E-state index contributed by atoms with van der Waals surface area (Å²) < 4.78 is 4.63. The fraction of sp³-hybridized carbons (Fsp3) is 0.133. The van der Waals surface area contributed by atoms with Gasteiger partial charge in [-0.1, -0.05) is 17.4 Å². The molecule has 21 heavy (non-hydrogen) atoms. The molecular weight excluding hydrogens is 284 g/mol. The molecule has 0 spiro atoms. The highest BCUT2D eigenvalue weighted by molar-refractivity contribution is 7.16. The molecule has 6 heteroatoms. The van der Waals surface area contributed by atoms with Crippen molar-refractivity contribution in [2.24, 2.45) is 7.05 Å². The van der Waals surface area contributed by atoms with Crippen LogP contribution in [0.4, 0.5) is 0 Å². The molecule has 3 aromatic heterocycles. The van der Waals surface area contributed by atoms with Gasteiger partial charge < -0.3 is 4.57 Å². The second-order valence-corrected chi connectivity index (χ2v) is 5.94. The van der Waals surface area contributed by atoms with E-state index in [-0.39, 0.29) is 4.87 Å². The number of aryl methyl sites for hydroxylation is 2. The normalized spacial score (nSPS) is 11.5. The van der Waals surface area contributed by atoms with Crippen LogP contribution in [0.3, 0.4) is 0 Å². The van der Waals surface area contributed by atoms with Gasteiger partial charge in [0.1, 0.15) is 0 Å². The summed E-state index contributed by atoms with van der Waals surface area (Å²) in [5.41, 5.74) is 3.87. The van der Waals surface area contributed by atoms with Gasteiger partial charge in [-0.25, -0.2) is 9.97 Å². The molecule has 0 fully saturated rings. The molecule has 0 saturated carbocycles. The zero-order valence-electron chi connectivity index (χ0n) is 11.6. The molecular formula is C15H12N4OS. The summed E-state index contributed by atoms with van der Waals surface area (Å²) in [4.78, 5) is 20.7. The number of aromatic nitrogens is 4. The van der Waals surface area contributed by atoms with Crippen LogP contribution in [0.5, 0.6) is 0 Å². The lowest BCUT2D eigenvalue weighted by Crippen LogP contribution is -2.06. The molecule has 0 bridgehead atoms. The smallest absolute Gasteiger partial charge is 0.302 e. The molecule has 0 atom stereocenters. The Morgan fingerprint density at radius 1 is 1.29 bits per heavy atom. The van der Waals surface area contributed by atoms with Gasteiger partial charge in [0.15, 0.2) is 0 Å². The molecule has 0 aliphatic heterocycles. The Morgan fingerprint density at radius 2 is 2.14 bits per heavy atom. The van der Waals surface area contributed by atoms with Gasteiger partial charge in [-0.05, 0) is 25.1 Å². The van der Waals surface area contributed by atoms with Gasteiger partial charge >= 0.3 is 4.87 Å². The van der Waals surface area contributed by atoms with Crippen molar-refractivity contribution < 1.29 is 0 Å². The Hall–Kier alpha value is -2.47. The van der Waals surface area contributed by atoms with E-state index in [1.807, 2.05) is 41.8 Å². The van der Waals surface area contributed by atoms with Crippen molar-refractivity contribution in [2.75, 3.05) is 0 Å². The number of nitrogens with zero attached hydrogens (tertiary/aromatic N) is 4. The summed E-state index contributed by atoms with van der Waals surface area (Å²) in [6.07, 6.45) is 3.68. The van der Waals surface area contributed by atoms with Crippen molar-refractivity contribution in [1.29, 1.82) is 0 Å². The molecule has 0 N–H and O–H groups in total. The second-order valence-electron chi connectivity index (χ2n) is 4.95. The maximum Gasteiger partial charge on any atom is 0.307 e. The van der Waals surface area contributed by atoms with E-state index in [0.29, 0.717) is 5.78 Å². The largest absolute Gasteiger partial charge is 0.307 e. The first kappa shape index (κ1) is 12.3.